The summed E-state index contributed by atoms with van der Waals surface area (Å²) in [5.41, 5.74) is -0.975. The van der Waals surface area contributed by atoms with Gasteiger partial charge in [-0.1, -0.05) is 48.5 Å². The summed E-state index contributed by atoms with van der Waals surface area (Å²) in [5.74, 6) is -2.52. The Balaban J connectivity index is 1.98. The minimum Gasteiger partial charge on any atom is -0.467 e. The highest BCUT2D eigenvalue weighted by atomic mass is 16.6. The summed E-state index contributed by atoms with van der Waals surface area (Å²) < 4.78 is 10.6. The van der Waals surface area contributed by atoms with E-state index < -0.39 is 41.1 Å². The molecular formula is C26H26N4O5. The highest BCUT2D eigenvalue weighted by Gasteiger charge is 2.71. The summed E-state index contributed by atoms with van der Waals surface area (Å²) in [6.07, 6.45) is -1.30. The zero-order valence-corrected chi connectivity index (χ0v) is 20.0. The topological polar surface area (TPSA) is 112 Å². The van der Waals surface area contributed by atoms with E-state index in [1.54, 1.807) is 57.2 Å². The molecule has 4 rings (SSSR count). The molecule has 1 saturated heterocycles. The number of hydrogen-bond acceptors (Lipinski definition) is 8. The first-order valence-electron chi connectivity index (χ1n) is 11.2. The maximum atomic E-state index is 14.2. The summed E-state index contributed by atoms with van der Waals surface area (Å²) in [6, 6.07) is 18.7. The second-order valence-corrected chi connectivity index (χ2v) is 9.36. The van der Waals surface area contributed by atoms with Gasteiger partial charge < -0.3 is 9.47 Å². The monoisotopic (exact) mass is 474 g/mol. The molecule has 2 heterocycles. The van der Waals surface area contributed by atoms with E-state index in [4.69, 9.17) is 14.6 Å². The van der Waals surface area contributed by atoms with Crippen molar-refractivity contribution in [3.05, 3.63) is 66.2 Å². The van der Waals surface area contributed by atoms with Gasteiger partial charge in [-0.15, -0.1) is 0 Å². The Labute approximate surface area is 203 Å². The number of esters is 1. The Morgan fingerprint density at radius 3 is 2.23 bits per heavy atom. The third kappa shape index (κ3) is 3.91. The van der Waals surface area contributed by atoms with Gasteiger partial charge in [-0.3, -0.25) is 4.79 Å². The van der Waals surface area contributed by atoms with Crippen molar-refractivity contribution in [2.75, 3.05) is 12.1 Å². The second-order valence-electron chi connectivity index (χ2n) is 9.36. The molecule has 2 aromatic rings. The van der Waals surface area contributed by atoms with Crippen LogP contribution in [-0.4, -0.2) is 52.9 Å². The summed E-state index contributed by atoms with van der Waals surface area (Å²) >= 11 is 0. The van der Waals surface area contributed by atoms with Crippen LogP contribution in [0.2, 0.25) is 0 Å². The molecule has 35 heavy (non-hydrogen) atoms. The smallest absolute Gasteiger partial charge is 0.417 e. The SMILES string of the molecule is COC(=O)[C@H]1[C@@H]2C(c3ccccc3)=NN(c3ccccc3)[C@]2(CC#N)C(=O)N1C(=O)OC(C)(C)C. The van der Waals surface area contributed by atoms with Gasteiger partial charge in [0.1, 0.15) is 5.60 Å². The molecule has 0 aromatic heterocycles. The molecule has 0 bridgehead atoms. The highest BCUT2D eigenvalue weighted by molar-refractivity contribution is 6.19. The van der Waals surface area contributed by atoms with E-state index in [0.717, 1.165) is 4.90 Å². The number of hydrazone groups is 1. The molecule has 0 spiro atoms. The van der Waals surface area contributed by atoms with E-state index in [2.05, 4.69) is 6.07 Å². The molecule has 9 nitrogen and oxygen atoms in total. The van der Waals surface area contributed by atoms with Crippen LogP contribution < -0.4 is 5.01 Å². The number of likely N-dealkylation sites (tertiary alicyclic amines) is 1. The first kappa shape index (κ1) is 24.0. The van der Waals surface area contributed by atoms with Gasteiger partial charge in [0.2, 0.25) is 0 Å². The van der Waals surface area contributed by atoms with Gasteiger partial charge in [0.15, 0.2) is 11.6 Å². The molecule has 0 unspecified atom stereocenters. The van der Waals surface area contributed by atoms with Crippen molar-refractivity contribution in [2.45, 2.75) is 44.4 Å². The molecule has 0 radical (unpaired) electrons. The van der Waals surface area contributed by atoms with Crippen molar-refractivity contribution in [1.29, 1.82) is 5.26 Å². The van der Waals surface area contributed by atoms with Crippen LogP contribution in [0.15, 0.2) is 65.8 Å². The Hall–Kier alpha value is -4.19. The maximum absolute atomic E-state index is 14.2. The van der Waals surface area contributed by atoms with Gasteiger partial charge >= 0.3 is 12.1 Å². The standard InChI is InChI=1S/C26H26N4O5/c1-25(2,3)35-24(33)29-21(22(31)34-4)19-20(17-11-7-5-8-12-17)28-30(18-13-9-6-10-14-18)26(19,15-16-27)23(29)32/h5-14,19,21H,15H2,1-4H3/t19-,21+,26-/m0/s1. The molecule has 2 aromatic carbocycles. The fourth-order valence-corrected chi connectivity index (χ4v) is 4.69. The Morgan fingerprint density at radius 1 is 1.09 bits per heavy atom. The average Bonchev–Trinajstić information content (AvgIpc) is 3.29. The summed E-state index contributed by atoms with van der Waals surface area (Å²) in [6.45, 7) is 4.99. The molecule has 9 heteroatoms. The van der Waals surface area contributed by atoms with Crippen LogP contribution in [0, 0.1) is 17.2 Å². The van der Waals surface area contributed by atoms with Crippen LogP contribution >= 0.6 is 0 Å². The van der Waals surface area contributed by atoms with Crippen molar-refractivity contribution in [2.24, 2.45) is 11.0 Å². The van der Waals surface area contributed by atoms with Gasteiger partial charge in [0.25, 0.3) is 5.91 Å². The number of benzene rings is 2. The van der Waals surface area contributed by atoms with Crippen LogP contribution in [0.4, 0.5) is 10.5 Å². The number of methoxy groups -OCH3 is 1. The Morgan fingerprint density at radius 2 is 1.69 bits per heavy atom. The maximum Gasteiger partial charge on any atom is 0.417 e. The highest BCUT2D eigenvalue weighted by Crippen LogP contribution is 2.50. The normalized spacial score (nSPS) is 23.4. The van der Waals surface area contributed by atoms with Crippen LogP contribution in [0.1, 0.15) is 32.8 Å². The first-order chi connectivity index (χ1) is 16.7. The van der Waals surface area contributed by atoms with Crippen LogP contribution in [0.25, 0.3) is 0 Å². The lowest BCUT2D eigenvalue weighted by Gasteiger charge is -2.34. The van der Waals surface area contributed by atoms with E-state index in [0.29, 0.717) is 17.0 Å². The fourth-order valence-electron chi connectivity index (χ4n) is 4.69. The van der Waals surface area contributed by atoms with Crippen molar-refractivity contribution in [3.63, 3.8) is 0 Å². The van der Waals surface area contributed by atoms with E-state index >= 15 is 0 Å². The zero-order chi connectivity index (χ0) is 25.4. The third-order valence-corrected chi connectivity index (χ3v) is 6.03. The average molecular weight is 475 g/mol. The van der Waals surface area contributed by atoms with Gasteiger partial charge in [0, 0.05) is 0 Å². The Kier molecular flexibility index (Phi) is 6.07. The molecule has 0 N–H and O–H groups in total. The lowest BCUT2D eigenvalue weighted by molar-refractivity contribution is -0.149. The predicted molar refractivity (Wildman–Crippen MR) is 127 cm³/mol. The first-order valence-corrected chi connectivity index (χ1v) is 11.2. The van der Waals surface area contributed by atoms with Gasteiger partial charge in [-0.2, -0.15) is 10.4 Å². The quantitative estimate of drug-likeness (QED) is 0.624. The largest absolute Gasteiger partial charge is 0.467 e. The van der Waals surface area contributed by atoms with Crippen molar-refractivity contribution < 1.29 is 23.9 Å². The van der Waals surface area contributed by atoms with E-state index in [9.17, 15) is 19.6 Å². The van der Waals surface area contributed by atoms with Crippen molar-refractivity contribution >= 4 is 29.4 Å². The van der Waals surface area contributed by atoms with E-state index in [-0.39, 0.29) is 6.42 Å². The summed E-state index contributed by atoms with van der Waals surface area (Å²) in [7, 11) is 1.19. The number of carbonyl (C=O) groups excluding carboxylic acids is 3. The number of rotatable bonds is 4. The molecule has 2 aliphatic heterocycles. The van der Waals surface area contributed by atoms with Gasteiger partial charge in [0.05, 0.1) is 36.9 Å². The predicted octanol–water partition coefficient (Wildman–Crippen LogP) is 3.50. The summed E-state index contributed by atoms with van der Waals surface area (Å²) in [5, 5.41) is 16.1. The third-order valence-electron chi connectivity index (χ3n) is 6.03. The second kappa shape index (κ2) is 8.87. The number of nitrogens with zero attached hydrogens (tertiary/aromatic N) is 4. The Bertz CT molecular complexity index is 1220. The number of ether oxygens (including phenoxy) is 2. The van der Waals surface area contributed by atoms with Crippen molar-refractivity contribution in [1.82, 2.24) is 4.90 Å². The van der Waals surface area contributed by atoms with Crippen molar-refractivity contribution in [3.8, 4) is 6.07 Å². The number of imide groups is 1. The molecule has 1 fully saturated rings. The molecule has 180 valence electrons. The van der Waals surface area contributed by atoms with Gasteiger partial charge in [-0.25, -0.2) is 19.5 Å². The molecule has 0 aliphatic carbocycles. The molecule has 0 saturated carbocycles. The number of nitriles is 1. The minimum absolute atomic E-state index is 0.321. The van der Waals surface area contributed by atoms with Gasteiger partial charge in [-0.05, 0) is 38.5 Å². The van der Waals surface area contributed by atoms with E-state index in [1.807, 2.05) is 24.3 Å². The fraction of sp³-hybridized carbons (Fsp3) is 0.346. The lowest BCUT2D eigenvalue weighted by atomic mass is 9.76. The number of carbonyl (C=O) groups is 3. The number of para-hydroxylation sites is 1. The zero-order valence-electron chi connectivity index (χ0n) is 20.0. The lowest BCUT2D eigenvalue weighted by Crippen LogP contribution is -2.54. The summed E-state index contributed by atoms with van der Waals surface area (Å²) in [4.78, 5) is 41.4. The van der Waals surface area contributed by atoms with Crippen LogP contribution in [-0.2, 0) is 19.1 Å². The van der Waals surface area contributed by atoms with Crippen LogP contribution in [0.5, 0.6) is 0 Å². The number of hydrogen-bond donors (Lipinski definition) is 0. The minimum atomic E-state index is -1.66. The number of amides is 2. The number of fused-ring (bicyclic) bond motifs is 1. The molecular weight excluding hydrogens is 448 g/mol. The van der Waals surface area contributed by atoms with E-state index in [1.165, 1.54) is 12.1 Å². The molecule has 2 amide bonds. The number of anilines is 1. The van der Waals surface area contributed by atoms with Crippen LogP contribution in [0.3, 0.4) is 0 Å². The molecule has 3 atom stereocenters. The molecule has 2 aliphatic rings.